The number of nitrogens with zero attached hydrogens (tertiary/aromatic N) is 3. The van der Waals surface area contributed by atoms with Crippen LogP contribution in [0, 0.1) is 10.1 Å². The van der Waals surface area contributed by atoms with Gasteiger partial charge in [0, 0.05) is 31.6 Å². The highest BCUT2D eigenvalue weighted by atomic mass is 16.6. The molecule has 0 bridgehead atoms. The highest BCUT2D eigenvalue weighted by Gasteiger charge is 2.20. The molecule has 0 aliphatic rings. The molecule has 3 aromatic rings. The van der Waals surface area contributed by atoms with Gasteiger partial charge in [0.2, 0.25) is 5.91 Å². The average molecular weight is 411 g/mol. The van der Waals surface area contributed by atoms with E-state index in [0.717, 1.165) is 12.0 Å². The van der Waals surface area contributed by atoms with Crippen molar-refractivity contribution in [1.82, 2.24) is 9.47 Å². The highest BCUT2D eigenvalue weighted by Crippen LogP contribution is 2.20. The second-order valence-electron chi connectivity index (χ2n) is 7.30. The molecule has 0 spiro atoms. The summed E-state index contributed by atoms with van der Waals surface area (Å²) in [6.07, 6.45) is 1.61. The highest BCUT2D eigenvalue weighted by molar-refractivity contribution is 5.77. The number of hydrogen-bond acceptors (Lipinski definition) is 5. The third-order valence-electron chi connectivity index (χ3n) is 5.27. The van der Waals surface area contributed by atoms with Crippen molar-refractivity contribution in [3.63, 3.8) is 0 Å². The van der Waals surface area contributed by atoms with Crippen LogP contribution >= 0.6 is 0 Å². The Labute approximate surface area is 173 Å². The van der Waals surface area contributed by atoms with Gasteiger partial charge in [0.15, 0.2) is 5.58 Å². The zero-order valence-corrected chi connectivity index (χ0v) is 17.1. The van der Waals surface area contributed by atoms with E-state index in [4.69, 9.17) is 4.42 Å². The van der Waals surface area contributed by atoms with E-state index in [2.05, 4.69) is 0 Å². The van der Waals surface area contributed by atoms with Crippen LogP contribution in [0.3, 0.4) is 0 Å². The van der Waals surface area contributed by atoms with Gasteiger partial charge in [-0.2, -0.15) is 0 Å². The van der Waals surface area contributed by atoms with Crippen molar-refractivity contribution in [1.29, 1.82) is 0 Å². The zero-order valence-electron chi connectivity index (χ0n) is 17.1. The molecule has 1 unspecified atom stereocenters. The molecule has 2 aromatic carbocycles. The van der Waals surface area contributed by atoms with Crippen molar-refractivity contribution in [2.75, 3.05) is 0 Å². The standard InChI is InChI=1S/C22H25N3O5/c1-3-16(2)24(15-17-8-5-4-6-9-17)21(26)10-7-13-23-19-12-11-18(25(28)29)14-20(19)30-22(23)27/h4-6,8-9,11-12,14,16H,3,7,10,13,15H2,1-2H3. The Kier molecular flexibility index (Phi) is 6.66. The Morgan fingerprint density at radius 1 is 1.23 bits per heavy atom. The van der Waals surface area contributed by atoms with Crippen LogP contribution in [0.2, 0.25) is 0 Å². The largest absolute Gasteiger partial charge is 0.419 e. The first-order valence-electron chi connectivity index (χ1n) is 10.0. The van der Waals surface area contributed by atoms with Crippen LogP contribution in [0.25, 0.3) is 11.1 Å². The summed E-state index contributed by atoms with van der Waals surface area (Å²) in [5, 5.41) is 10.9. The normalized spacial score (nSPS) is 12.1. The molecule has 1 aromatic heterocycles. The predicted molar refractivity (Wildman–Crippen MR) is 113 cm³/mol. The predicted octanol–water partition coefficient (Wildman–Crippen LogP) is 4.11. The summed E-state index contributed by atoms with van der Waals surface area (Å²) in [5.74, 6) is -0.550. The molecule has 3 rings (SSSR count). The van der Waals surface area contributed by atoms with E-state index >= 15 is 0 Å². The summed E-state index contributed by atoms with van der Waals surface area (Å²) in [5.41, 5.74) is 1.60. The second kappa shape index (κ2) is 9.39. The van der Waals surface area contributed by atoms with E-state index in [1.807, 2.05) is 49.1 Å². The minimum absolute atomic E-state index is 0.0321. The lowest BCUT2D eigenvalue weighted by Gasteiger charge is -2.29. The van der Waals surface area contributed by atoms with E-state index in [9.17, 15) is 19.7 Å². The molecule has 0 radical (unpaired) electrons. The summed E-state index contributed by atoms with van der Waals surface area (Å²) in [4.78, 5) is 37.3. The van der Waals surface area contributed by atoms with E-state index in [0.29, 0.717) is 31.4 Å². The molecule has 0 saturated carbocycles. The van der Waals surface area contributed by atoms with Crippen LogP contribution in [0.5, 0.6) is 0 Å². The van der Waals surface area contributed by atoms with Crippen LogP contribution in [0.1, 0.15) is 38.7 Å². The van der Waals surface area contributed by atoms with E-state index in [-0.39, 0.29) is 23.2 Å². The van der Waals surface area contributed by atoms with Crippen molar-refractivity contribution in [3.05, 3.63) is 74.8 Å². The van der Waals surface area contributed by atoms with Crippen LogP contribution in [0.15, 0.2) is 57.7 Å². The lowest BCUT2D eigenvalue weighted by molar-refractivity contribution is -0.384. The fourth-order valence-electron chi connectivity index (χ4n) is 3.40. The Morgan fingerprint density at radius 2 is 1.97 bits per heavy atom. The molecule has 158 valence electrons. The Hall–Kier alpha value is -3.42. The molecule has 30 heavy (non-hydrogen) atoms. The number of nitro benzene ring substituents is 1. The number of rotatable bonds is 9. The number of fused-ring (bicyclic) bond motifs is 1. The molecule has 1 amide bonds. The fourth-order valence-corrected chi connectivity index (χ4v) is 3.40. The maximum atomic E-state index is 12.9. The maximum absolute atomic E-state index is 12.9. The van der Waals surface area contributed by atoms with E-state index in [1.165, 1.54) is 22.8 Å². The summed E-state index contributed by atoms with van der Waals surface area (Å²) in [7, 11) is 0. The van der Waals surface area contributed by atoms with Crippen molar-refractivity contribution >= 4 is 22.7 Å². The van der Waals surface area contributed by atoms with Crippen molar-refractivity contribution in [2.24, 2.45) is 0 Å². The van der Waals surface area contributed by atoms with Gasteiger partial charge in [-0.05, 0) is 31.4 Å². The maximum Gasteiger partial charge on any atom is 0.419 e. The van der Waals surface area contributed by atoms with Gasteiger partial charge in [0.05, 0.1) is 16.5 Å². The second-order valence-corrected chi connectivity index (χ2v) is 7.30. The van der Waals surface area contributed by atoms with Crippen LogP contribution < -0.4 is 5.76 Å². The molecule has 0 saturated heterocycles. The van der Waals surface area contributed by atoms with Gasteiger partial charge in [-0.15, -0.1) is 0 Å². The van der Waals surface area contributed by atoms with Gasteiger partial charge in [0.25, 0.3) is 5.69 Å². The number of amides is 1. The van der Waals surface area contributed by atoms with Crippen LogP contribution in [-0.2, 0) is 17.9 Å². The third kappa shape index (κ3) is 4.76. The van der Waals surface area contributed by atoms with Gasteiger partial charge >= 0.3 is 5.76 Å². The van der Waals surface area contributed by atoms with Crippen molar-refractivity contribution in [3.8, 4) is 0 Å². The Balaban J connectivity index is 1.68. The summed E-state index contributed by atoms with van der Waals surface area (Å²) < 4.78 is 6.55. The van der Waals surface area contributed by atoms with Crippen molar-refractivity contribution < 1.29 is 14.1 Å². The van der Waals surface area contributed by atoms with Gasteiger partial charge in [-0.25, -0.2) is 4.79 Å². The Morgan fingerprint density at radius 3 is 2.63 bits per heavy atom. The number of hydrogen-bond donors (Lipinski definition) is 0. The van der Waals surface area contributed by atoms with Gasteiger partial charge < -0.3 is 9.32 Å². The third-order valence-corrected chi connectivity index (χ3v) is 5.27. The van der Waals surface area contributed by atoms with E-state index < -0.39 is 10.7 Å². The van der Waals surface area contributed by atoms with E-state index in [1.54, 1.807) is 0 Å². The molecule has 1 heterocycles. The van der Waals surface area contributed by atoms with Gasteiger partial charge in [-0.3, -0.25) is 19.5 Å². The lowest BCUT2D eigenvalue weighted by Crippen LogP contribution is -2.37. The molecule has 8 nitrogen and oxygen atoms in total. The molecular weight excluding hydrogens is 386 g/mol. The number of non-ortho nitro benzene ring substituents is 1. The smallest absolute Gasteiger partial charge is 0.407 e. The quantitative estimate of drug-likeness (QED) is 0.390. The number of carbonyl (C=O) groups excluding carboxylic acids is 1. The SMILES string of the molecule is CCC(C)N(Cc1ccccc1)C(=O)CCCn1c(=O)oc2cc([N+](=O)[O-])ccc21. The van der Waals surface area contributed by atoms with Crippen LogP contribution in [-0.4, -0.2) is 26.3 Å². The monoisotopic (exact) mass is 411 g/mol. The molecule has 0 aliphatic heterocycles. The Bertz CT molecular complexity index is 1090. The number of carbonyl (C=O) groups is 1. The summed E-state index contributed by atoms with van der Waals surface area (Å²) >= 11 is 0. The minimum Gasteiger partial charge on any atom is -0.407 e. The average Bonchev–Trinajstić information content (AvgIpc) is 3.06. The molecule has 0 fully saturated rings. The van der Waals surface area contributed by atoms with Crippen LogP contribution in [0.4, 0.5) is 5.69 Å². The number of aryl methyl sites for hydroxylation is 1. The molecular formula is C22H25N3O5. The number of nitro groups is 1. The first-order valence-corrected chi connectivity index (χ1v) is 10.0. The van der Waals surface area contributed by atoms with Crippen molar-refractivity contribution in [2.45, 2.75) is 52.2 Å². The topological polar surface area (TPSA) is 98.6 Å². The molecule has 0 N–H and O–H groups in total. The first-order chi connectivity index (χ1) is 14.4. The molecule has 0 aliphatic carbocycles. The lowest BCUT2D eigenvalue weighted by atomic mass is 10.1. The zero-order chi connectivity index (χ0) is 21.7. The number of aromatic nitrogens is 1. The minimum atomic E-state index is -0.582. The van der Waals surface area contributed by atoms with Gasteiger partial charge in [0.1, 0.15) is 0 Å². The summed E-state index contributed by atoms with van der Waals surface area (Å²) in [6.45, 7) is 4.93. The first kappa shape index (κ1) is 21.3. The number of oxazole rings is 1. The molecule has 8 heteroatoms. The van der Waals surface area contributed by atoms with Gasteiger partial charge in [-0.1, -0.05) is 37.3 Å². The molecule has 1 atom stereocenters. The number of benzene rings is 2. The summed E-state index contributed by atoms with van der Waals surface area (Å²) in [6, 6.07) is 14.0. The fraction of sp³-hybridized carbons (Fsp3) is 0.364.